The van der Waals surface area contributed by atoms with Crippen molar-refractivity contribution in [3.63, 3.8) is 0 Å². The van der Waals surface area contributed by atoms with Crippen LogP contribution in [-0.4, -0.2) is 16.8 Å². The van der Waals surface area contributed by atoms with Crippen LogP contribution in [0, 0.1) is 17.8 Å². The molecule has 0 saturated carbocycles. The molecule has 0 radical (unpaired) electrons. The molecule has 1 saturated heterocycles. The highest BCUT2D eigenvalue weighted by atomic mass is 32.7. The third-order valence-corrected chi connectivity index (χ3v) is 8.31. The normalized spacial score (nSPS) is 35.2. The lowest BCUT2D eigenvalue weighted by atomic mass is 10.2. The second-order valence-electron chi connectivity index (χ2n) is 5.66. The van der Waals surface area contributed by atoms with Crippen molar-refractivity contribution in [2.45, 2.75) is 58.4 Å². The largest absolute Gasteiger partial charge is 0.344 e. The van der Waals surface area contributed by atoms with E-state index >= 15 is 0 Å². The topological polar surface area (TPSA) is 35.5 Å². The Kier molecular flexibility index (Phi) is 6.55. The number of hydrogen-bond donors (Lipinski definition) is 0. The SMILES string of the molecule is CC(C)C1OC(C(C)C)PC(SP=O)(C(C)C)O1. The second-order valence-corrected chi connectivity index (χ2v) is 9.56. The molecule has 0 N–H and O–H groups in total. The van der Waals surface area contributed by atoms with Crippen molar-refractivity contribution in [1.82, 2.24) is 0 Å². The van der Waals surface area contributed by atoms with Gasteiger partial charge in [0.2, 0.25) is 7.66 Å². The van der Waals surface area contributed by atoms with Crippen molar-refractivity contribution in [3.8, 4) is 0 Å². The van der Waals surface area contributed by atoms with Gasteiger partial charge < -0.3 is 9.47 Å². The van der Waals surface area contributed by atoms with Gasteiger partial charge in [0.25, 0.3) is 0 Å². The average Bonchev–Trinajstić information content (AvgIpc) is 2.28. The summed E-state index contributed by atoms with van der Waals surface area (Å²) in [4.78, 5) is 0. The molecular formula is C12H24O3P2S. The number of ether oxygens (including phenoxy) is 2. The Hall–Kier alpha value is 0.800. The van der Waals surface area contributed by atoms with Gasteiger partial charge in [-0.1, -0.05) is 41.5 Å². The summed E-state index contributed by atoms with van der Waals surface area (Å²) in [7, 11) is 0.596. The fraction of sp³-hybridized carbons (Fsp3) is 1.00. The van der Waals surface area contributed by atoms with Gasteiger partial charge in [0.1, 0.15) is 4.67 Å². The van der Waals surface area contributed by atoms with E-state index in [1.54, 1.807) is 0 Å². The van der Waals surface area contributed by atoms with Crippen molar-refractivity contribution in [1.29, 1.82) is 0 Å². The molecule has 1 aliphatic heterocycles. The molecule has 1 heterocycles. The zero-order valence-corrected chi connectivity index (χ0v) is 14.7. The van der Waals surface area contributed by atoms with E-state index in [1.807, 2.05) is 0 Å². The third kappa shape index (κ3) is 3.90. The molecule has 4 unspecified atom stereocenters. The highest BCUT2D eigenvalue weighted by Crippen LogP contribution is 2.59. The van der Waals surface area contributed by atoms with Crippen LogP contribution in [0.15, 0.2) is 0 Å². The van der Waals surface area contributed by atoms with Crippen LogP contribution in [0.4, 0.5) is 0 Å². The summed E-state index contributed by atoms with van der Waals surface area (Å²) < 4.78 is 22.9. The number of hydrogen-bond acceptors (Lipinski definition) is 4. The van der Waals surface area contributed by atoms with Crippen LogP contribution in [0.1, 0.15) is 41.5 Å². The maximum Gasteiger partial charge on any atom is 0.230 e. The van der Waals surface area contributed by atoms with Gasteiger partial charge in [-0.05, 0) is 31.8 Å². The van der Waals surface area contributed by atoms with E-state index in [9.17, 15) is 4.57 Å². The summed E-state index contributed by atoms with van der Waals surface area (Å²) >= 11 is 1.38. The van der Waals surface area contributed by atoms with Gasteiger partial charge in [0.05, 0.1) is 5.85 Å². The van der Waals surface area contributed by atoms with E-state index in [1.165, 1.54) is 11.4 Å². The molecule has 106 valence electrons. The van der Waals surface area contributed by atoms with Crippen molar-refractivity contribution < 1.29 is 14.0 Å². The monoisotopic (exact) mass is 310 g/mol. The molecule has 0 amide bonds. The van der Waals surface area contributed by atoms with Gasteiger partial charge in [-0.25, -0.2) is 0 Å². The fourth-order valence-electron chi connectivity index (χ4n) is 1.74. The van der Waals surface area contributed by atoms with E-state index in [-0.39, 0.29) is 24.5 Å². The minimum absolute atomic E-state index is 0.0840. The Labute approximate surface area is 118 Å². The first-order valence-corrected chi connectivity index (χ1v) is 9.75. The van der Waals surface area contributed by atoms with Crippen molar-refractivity contribution in [2.24, 2.45) is 17.8 Å². The van der Waals surface area contributed by atoms with Crippen LogP contribution < -0.4 is 0 Å². The van der Waals surface area contributed by atoms with Crippen LogP contribution in [0.5, 0.6) is 0 Å². The highest BCUT2D eigenvalue weighted by molar-refractivity contribution is 8.48. The molecule has 4 atom stereocenters. The zero-order chi connectivity index (χ0) is 13.9. The molecule has 18 heavy (non-hydrogen) atoms. The summed E-state index contributed by atoms with van der Waals surface area (Å²) in [6.45, 7) is 12.8. The quantitative estimate of drug-likeness (QED) is 0.675. The lowest BCUT2D eigenvalue weighted by Gasteiger charge is -2.47. The zero-order valence-electron chi connectivity index (χ0n) is 12.0. The average molecular weight is 310 g/mol. The maximum atomic E-state index is 11.1. The summed E-state index contributed by atoms with van der Waals surface area (Å²) in [5.41, 5.74) is 0. The summed E-state index contributed by atoms with van der Waals surface area (Å²) in [6, 6.07) is 0. The molecule has 1 aliphatic rings. The lowest BCUT2D eigenvalue weighted by Crippen LogP contribution is -2.46. The summed E-state index contributed by atoms with van der Waals surface area (Å²) in [5.74, 6) is 1.27. The first-order valence-electron chi connectivity index (χ1n) is 6.44. The van der Waals surface area contributed by atoms with Crippen LogP contribution >= 0.6 is 27.6 Å². The van der Waals surface area contributed by atoms with Gasteiger partial charge in [-0.3, -0.25) is 4.57 Å². The fourth-order valence-corrected chi connectivity index (χ4v) is 6.11. The van der Waals surface area contributed by atoms with Gasteiger partial charge in [0, 0.05) is 5.92 Å². The standard InChI is InChI=1S/C12H24O3P2S/c1-7(2)10-14-11(8(3)4)16-12(15-10,9(5)6)18-17-13/h7-11,16H,1-6H3. The van der Waals surface area contributed by atoms with E-state index in [2.05, 4.69) is 41.5 Å². The lowest BCUT2D eigenvalue weighted by molar-refractivity contribution is -0.218. The predicted octanol–water partition coefficient (Wildman–Crippen LogP) is 4.93. The van der Waals surface area contributed by atoms with Gasteiger partial charge in [-0.2, -0.15) is 0 Å². The van der Waals surface area contributed by atoms with Crippen molar-refractivity contribution >= 4 is 27.6 Å². The van der Waals surface area contributed by atoms with Crippen molar-refractivity contribution in [3.05, 3.63) is 0 Å². The van der Waals surface area contributed by atoms with Crippen LogP contribution in [0.2, 0.25) is 0 Å². The predicted molar refractivity (Wildman–Crippen MR) is 80.5 cm³/mol. The Bertz CT molecular complexity index is 268. The highest BCUT2D eigenvalue weighted by Gasteiger charge is 2.47. The van der Waals surface area contributed by atoms with E-state index in [4.69, 9.17) is 9.47 Å². The van der Waals surface area contributed by atoms with Crippen LogP contribution in [0.25, 0.3) is 0 Å². The Morgan fingerprint density at radius 3 is 2.17 bits per heavy atom. The molecule has 0 aromatic rings. The molecule has 0 aromatic carbocycles. The molecule has 0 aromatic heterocycles. The first-order chi connectivity index (χ1) is 8.32. The summed E-state index contributed by atoms with van der Waals surface area (Å²) in [6.07, 6.45) is -0.199. The number of rotatable bonds is 5. The molecular weight excluding hydrogens is 286 g/mol. The Morgan fingerprint density at radius 1 is 1.17 bits per heavy atom. The first kappa shape index (κ1) is 16.9. The van der Waals surface area contributed by atoms with E-state index in [0.717, 1.165) is 0 Å². The second kappa shape index (κ2) is 6.99. The van der Waals surface area contributed by atoms with Gasteiger partial charge in [-0.15, -0.1) is 0 Å². The van der Waals surface area contributed by atoms with E-state index < -0.39 is 0 Å². The minimum atomic E-state index is -0.370. The molecule has 0 bridgehead atoms. The van der Waals surface area contributed by atoms with E-state index in [0.29, 0.717) is 26.3 Å². The molecule has 6 heteroatoms. The summed E-state index contributed by atoms with van der Waals surface area (Å²) in [5, 5.41) is 0. The van der Waals surface area contributed by atoms with Crippen LogP contribution in [0.3, 0.4) is 0 Å². The van der Waals surface area contributed by atoms with Crippen LogP contribution in [-0.2, 0) is 14.0 Å². The maximum absolute atomic E-state index is 11.1. The molecule has 1 rings (SSSR count). The smallest absolute Gasteiger partial charge is 0.230 e. The minimum Gasteiger partial charge on any atom is -0.344 e. The molecule has 3 nitrogen and oxygen atoms in total. The van der Waals surface area contributed by atoms with Gasteiger partial charge >= 0.3 is 0 Å². The Balaban J connectivity index is 2.97. The van der Waals surface area contributed by atoms with Crippen molar-refractivity contribution in [2.75, 3.05) is 0 Å². The Morgan fingerprint density at radius 2 is 1.78 bits per heavy atom. The molecule has 0 aliphatic carbocycles. The molecule has 0 spiro atoms. The van der Waals surface area contributed by atoms with Gasteiger partial charge in [0.15, 0.2) is 6.29 Å². The molecule has 1 fully saturated rings. The third-order valence-electron chi connectivity index (χ3n) is 3.00.